The third-order valence-corrected chi connectivity index (χ3v) is 1.36. The van der Waals surface area contributed by atoms with E-state index in [9.17, 15) is 0 Å². The summed E-state index contributed by atoms with van der Waals surface area (Å²) in [5.74, 6) is 0.617. The SMILES string of the molecule is Cc1nc(N)c(N)nc1C. The van der Waals surface area contributed by atoms with Crippen molar-refractivity contribution in [1.82, 2.24) is 9.97 Å². The maximum Gasteiger partial charge on any atom is 0.166 e. The van der Waals surface area contributed by atoms with Crippen LogP contribution in [0.15, 0.2) is 0 Å². The van der Waals surface area contributed by atoms with Crippen LogP contribution < -0.4 is 11.5 Å². The first kappa shape index (κ1) is 6.80. The molecule has 4 heteroatoms. The Morgan fingerprint density at radius 1 is 0.900 bits per heavy atom. The van der Waals surface area contributed by atoms with Gasteiger partial charge in [-0.3, -0.25) is 0 Å². The fourth-order valence-electron chi connectivity index (χ4n) is 0.638. The molecule has 0 unspecified atom stereocenters. The molecule has 0 aromatic carbocycles. The lowest BCUT2D eigenvalue weighted by Crippen LogP contribution is -2.04. The Labute approximate surface area is 59.3 Å². The summed E-state index contributed by atoms with van der Waals surface area (Å²) in [4.78, 5) is 7.93. The topological polar surface area (TPSA) is 77.8 Å². The van der Waals surface area contributed by atoms with Gasteiger partial charge in [-0.1, -0.05) is 0 Å². The molecule has 0 atom stereocenters. The molecular weight excluding hydrogens is 128 g/mol. The lowest BCUT2D eigenvalue weighted by Gasteiger charge is -2.01. The van der Waals surface area contributed by atoms with Gasteiger partial charge in [0.2, 0.25) is 0 Å². The quantitative estimate of drug-likeness (QED) is 0.539. The minimum atomic E-state index is 0.308. The van der Waals surface area contributed by atoms with Gasteiger partial charge in [0.05, 0.1) is 11.4 Å². The van der Waals surface area contributed by atoms with Crippen molar-refractivity contribution in [3.63, 3.8) is 0 Å². The van der Waals surface area contributed by atoms with E-state index in [2.05, 4.69) is 9.97 Å². The smallest absolute Gasteiger partial charge is 0.166 e. The highest BCUT2D eigenvalue weighted by Crippen LogP contribution is 2.09. The first-order chi connectivity index (χ1) is 4.61. The summed E-state index contributed by atoms with van der Waals surface area (Å²) in [6.07, 6.45) is 0. The molecule has 0 radical (unpaired) electrons. The van der Waals surface area contributed by atoms with E-state index < -0.39 is 0 Å². The van der Waals surface area contributed by atoms with E-state index in [0.717, 1.165) is 11.4 Å². The van der Waals surface area contributed by atoms with Crippen LogP contribution >= 0.6 is 0 Å². The Hall–Kier alpha value is -1.32. The number of nitrogens with zero attached hydrogens (tertiary/aromatic N) is 2. The van der Waals surface area contributed by atoms with E-state index in [-0.39, 0.29) is 0 Å². The molecule has 10 heavy (non-hydrogen) atoms. The van der Waals surface area contributed by atoms with Crippen LogP contribution in [0.25, 0.3) is 0 Å². The predicted molar refractivity (Wildman–Crippen MR) is 40.3 cm³/mol. The van der Waals surface area contributed by atoms with Crippen LogP contribution in [0, 0.1) is 13.8 Å². The van der Waals surface area contributed by atoms with E-state index in [0.29, 0.717) is 11.6 Å². The standard InChI is InChI=1S/C6H10N4/c1-3-4(2)10-6(8)5(7)9-3/h1-2H3,(H2,7,9)(H2,8,10). The molecule has 0 spiro atoms. The summed E-state index contributed by atoms with van der Waals surface area (Å²) < 4.78 is 0. The zero-order valence-corrected chi connectivity index (χ0v) is 6.05. The summed E-state index contributed by atoms with van der Waals surface area (Å²) in [6, 6.07) is 0. The number of hydrogen-bond acceptors (Lipinski definition) is 4. The van der Waals surface area contributed by atoms with E-state index in [1.54, 1.807) is 0 Å². The van der Waals surface area contributed by atoms with Gasteiger partial charge in [0.25, 0.3) is 0 Å². The third-order valence-electron chi connectivity index (χ3n) is 1.36. The Bertz CT molecular complexity index is 206. The molecule has 0 saturated heterocycles. The predicted octanol–water partition coefficient (Wildman–Crippen LogP) is 0.258. The second-order valence-electron chi connectivity index (χ2n) is 2.16. The molecule has 1 rings (SSSR count). The van der Waals surface area contributed by atoms with Crippen LogP contribution in [0.4, 0.5) is 11.6 Å². The highest BCUT2D eigenvalue weighted by molar-refractivity contribution is 5.52. The molecule has 4 N–H and O–H groups in total. The van der Waals surface area contributed by atoms with E-state index >= 15 is 0 Å². The number of aryl methyl sites for hydroxylation is 2. The maximum atomic E-state index is 5.39. The van der Waals surface area contributed by atoms with Crippen LogP contribution in [0.3, 0.4) is 0 Å². The van der Waals surface area contributed by atoms with Crippen molar-refractivity contribution in [2.24, 2.45) is 0 Å². The van der Waals surface area contributed by atoms with Crippen LogP contribution in [0.2, 0.25) is 0 Å². The molecule has 0 aliphatic heterocycles. The van der Waals surface area contributed by atoms with Gasteiger partial charge >= 0.3 is 0 Å². The number of anilines is 2. The van der Waals surface area contributed by atoms with Gasteiger partial charge in [-0.15, -0.1) is 0 Å². The zero-order chi connectivity index (χ0) is 7.72. The number of nitrogen functional groups attached to an aromatic ring is 2. The minimum absolute atomic E-state index is 0.308. The van der Waals surface area contributed by atoms with Crippen LogP contribution in [-0.4, -0.2) is 9.97 Å². The molecule has 54 valence electrons. The first-order valence-electron chi connectivity index (χ1n) is 2.97. The molecular formula is C6H10N4. The molecule has 0 saturated carbocycles. The summed E-state index contributed by atoms with van der Waals surface area (Å²) in [6.45, 7) is 3.69. The van der Waals surface area contributed by atoms with Gasteiger partial charge in [0.15, 0.2) is 11.6 Å². The molecule has 0 amide bonds. The highest BCUT2D eigenvalue weighted by Gasteiger charge is 2.00. The number of nitrogens with two attached hydrogens (primary N) is 2. The first-order valence-corrected chi connectivity index (χ1v) is 2.97. The van der Waals surface area contributed by atoms with Crippen molar-refractivity contribution in [2.45, 2.75) is 13.8 Å². The van der Waals surface area contributed by atoms with Gasteiger partial charge in [-0.25, -0.2) is 9.97 Å². The lowest BCUT2D eigenvalue weighted by molar-refractivity contribution is 1.06. The average Bonchev–Trinajstić information content (AvgIpc) is 1.84. The third kappa shape index (κ3) is 1.00. The molecule has 1 aromatic rings. The van der Waals surface area contributed by atoms with Crippen LogP contribution in [0.1, 0.15) is 11.4 Å². The van der Waals surface area contributed by atoms with E-state index in [1.807, 2.05) is 13.8 Å². The summed E-state index contributed by atoms with van der Waals surface area (Å²) >= 11 is 0. The van der Waals surface area contributed by atoms with Crippen molar-refractivity contribution in [2.75, 3.05) is 11.5 Å². The van der Waals surface area contributed by atoms with Crippen LogP contribution in [0.5, 0.6) is 0 Å². The Morgan fingerprint density at radius 3 is 1.50 bits per heavy atom. The van der Waals surface area contributed by atoms with Gasteiger partial charge in [0.1, 0.15) is 0 Å². The lowest BCUT2D eigenvalue weighted by atomic mass is 10.3. The molecule has 1 heterocycles. The fraction of sp³-hybridized carbons (Fsp3) is 0.333. The highest BCUT2D eigenvalue weighted by atomic mass is 15.0. The fourth-order valence-corrected chi connectivity index (χ4v) is 0.638. The molecule has 0 fully saturated rings. The molecule has 1 aromatic heterocycles. The second kappa shape index (κ2) is 2.13. The zero-order valence-electron chi connectivity index (χ0n) is 6.05. The maximum absolute atomic E-state index is 5.39. The molecule has 4 nitrogen and oxygen atoms in total. The van der Waals surface area contributed by atoms with Crippen molar-refractivity contribution in [3.8, 4) is 0 Å². The minimum Gasteiger partial charge on any atom is -0.381 e. The van der Waals surface area contributed by atoms with Gasteiger partial charge in [-0.05, 0) is 13.8 Å². The molecule has 0 bridgehead atoms. The van der Waals surface area contributed by atoms with Gasteiger partial charge in [0, 0.05) is 0 Å². The Balaban J connectivity index is 3.28. The van der Waals surface area contributed by atoms with Crippen molar-refractivity contribution >= 4 is 11.6 Å². The monoisotopic (exact) mass is 138 g/mol. The van der Waals surface area contributed by atoms with E-state index in [1.165, 1.54) is 0 Å². The molecule has 0 aliphatic rings. The Morgan fingerprint density at radius 2 is 1.20 bits per heavy atom. The van der Waals surface area contributed by atoms with E-state index in [4.69, 9.17) is 11.5 Å². The van der Waals surface area contributed by atoms with Crippen LogP contribution in [-0.2, 0) is 0 Å². The summed E-state index contributed by atoms with van der Waals surface area (Å²) in [5, 5.41) is 0. The normalized spacial score (nSPS) is 9.80. The number of aromatic nitrogens is 2. The van der Waals surface area contributed by atoms with Gasteiger partial charge in [-0.2, -0.15) is 0 Å². The number of hydrogen-bond donors (Lipinski definition) is 2. The van der Waals surface area contributed by atoms with Crippen molar-refractivity contribution in [3.05, 3.63) is 11.4 Å². The van der Waals surface area contributed by atoms with Crippen molar-refractivity contribution in [1.29, 1.82) is 0 Å². The Kier molecular flexibility index (Phi) is 1.45. The van der Waals surface area contributed by atoms with Gasteiger partial charge < -0.3 is 11.5 Å². The molecule has 0 aliphatic carbocycles. The largest absolute Gasteiger partial charge is 0.381 e. The summed E-state index contributed by atoms with van der Waals surface area (Å²) in [5.41, 5.74) is 12.4. The number of rotatable bonds is 0. The average molecular weight is 138 g/mol. The second-order valence-corrected chi connectivity index (χ2v) is 2.16. The summed E-state index contributed by atoms with van der Waals surface area (Å²) in [7, 11) is 0. The van der Waals surface area contributed by atoms with Crippen molar-refractivity contribution < 1.29 is 0 Å².